The summed E-state index contributed by atoms with van der Waals surface area (Å²) in [6.45, 7) is 4.54. The molecule has 0 unspecified atom stereocenters. The van der Waals surface area contributed by atoms with Crippen LogP contribution in [0.1, 0.15) is 25.0 Å². The van der Waals surface area contributed by atoms with E-state index in [1.165, 1.54) is 27.8 Å². The highest BCUT2D eigenvalue weighted by atomic mass is 15.0. The molecule has 216 valence electrons. The molecule has 6 aromatic carbocycles. The second-order valence-electron chi connectivity index (χ2n) is 11.8. The van der Waals surface area contributed by atoms with Gasteiger partial charge in [0.15, 0.2) is 17.5 Å². The Morgan fingerprint density at radius 2 is 0.533 bits per heavy atom. The molecular weight excluding hydrogens is 546 g/mol. The number of aromatic nitrogens is 3. The molecule has 45 heavy (non-hydrogen) atoms. The van der Waals surface area contributed by atoms with Gasteiger partial charge in [-0.2, -0.15) is 0 Å². The number of hydrogen-bond donors (Lipinski definition) is 0. The van der Waals surface area contributed by atoms with Crippen LogP contribution in [-0.2, 0) is 5.41 Å². The van der Waals surface area contributed by atoms with E-state index in [-0.39, 0.29) is 5.41 Å². The van der Waals surface area contributed by atoms with Crippen molar-refractivity contribution in [3.05, 3.63) is 175 Å². The molecule has 0 radical (unpaired) electrons. The molecule has 0 aliphatic rings. The molecule has 0 bridgehead atoms. The summed E-state index contributed by atoms with van der Waals surface area (Å²) in [4.78, 5) is 14.8. The van der Waals surface area contributed by atoms with Crippen molar-refractivity contribution in [1.29, 1.82) is 0 Å². The van der Waals surface area contributed by atoms with Crippen LogP contribution in [-0.4, -0.2) is 15.0 Å². The SMILES string of the molecule is CC(C)(c1ccc(-c2ccccc2)cc1)c1ccc(-c2nc(-c3ccccc3)nc(-c3ccc(-c4ccccc4)cc3)n2)cc1. The van der Waals surface area contributed by atoms with Crippen LogP contribution in [0.4, 0.5) is 0 Å². The molecule has 3 nitrogen and oxygen atoms in total. The van der Waals surface area contributed by atoms with E-state index >= 15 is 0 Å². The van der Waals surface area contributed by atoms with Gasteiger partial charge in [0.1, 0.15) is 0 Å². The molecule has 3 heteroatoms. The molecule has 1 aromatic heterocycles. The summed E-state index contributed by atoms with van der Waals surface area (Å²) < 4.78 is 0. The fourth-order valence-corrected chi connectivity index (χ4v) is 5.71. The average Bonchev–Trinajstić information content (AvgIpc) is 3.13. The lowest BCUT2D eigenvalue weighted by Gasteiger charge is -2.26. The van der Waals surface area contributed by atoms with Crippen LogP contribution in [0.25, 0.3) is 56.4 Å². The molecule has 0 atom stereocenters. The summed E-state index contributed by atoms with van der Waals surface area (Å²) in [6.07, 6.45) is 0. The Morgan fingerprint density at radius 3 is 0.911 bits per heavy atom. The summed E-state index contributed by atoms with van der Waals surface area (Å²) in [5.41, 5.74) is 9.97. The predicted octanol–water partition coefficient (Wildman–Crippen LogP) is 10.5. The van der Waals surface area contributed by atoms with E-state index in [1.807, 2.05) is 42.5 Å². The van der Waals surface area contributed by atoms with Gasteiger partial charge in [-0.05, 0) is 33.4 Å². The Kier molecular flexibility index (Phi) is 7.59. The highest BCUT2D eigenvalue weighted by molar-refractivity contribution is 5.70. The van der Waals surface area contributed by atoms with Gasteiger partial charge in [0.05, 0.1) is 0 Å². The van der Waals surface area contributed by atoms with Crippen molar-refractivity contribution in [1.82, 2.24) is 15.0 Å². The van der Waals surface area contributed by atoms with Crippen molar-refractivity contribution < 1.29 is 0 Å². The van der Waals surface area contributed by atoms with E-state index in [0.29, 0.717) is 17.5 Å². The van der Waals surface area contributed by atoms with Gasteiger partial charge in [0, 0.05) is 22.1 Å². The van der Waals surface area contributed by atoms with E-state index in [1.54, 1.807) is 0 Å². The van der Waals surface area contributed by atoms with E-state index in [2.05, 4.69) is 135 Å². The maximum Gasteiger partial charge on any atom is 0.164 e. The summed E-state index contributed by atoms with van der Waals surface area (Å²) in [5, 5.41) is 0. The maximum atomic E-state index is 4.97. The van der Waals surface area contributed by atoms with Crippen molar-refractivity contribution >= 4 is 0 Å². The van der Waals surface area contributed by atoms with Gasteiger partial charge in [-0.1, -0.05) is 178 Å². The monoisotopic (exact) mass is 579 g/mol. The van der Waals surface area contributed by atoms with E-state index in [4.69, 9.17) is 15.0 Å². The zero-order chi connectivity index (χ0) is 30.6. The minimum atomic E-state index is -0.173. The molecule has 0 spiro atoms. The molecule has 0 aliphatic carbocycles. The third-order valence-electron chi connectivity index (χ3n) is 8.50. The molecule has 7 aromatic rings. The number of rotatable bonds is 7. The normalized spacial score (nSPS) is 11.3. The van der Waals surface area contributed by atoms with Gasteiger partial charge in [0.25, 0.3) is 0 Å². The van der Waals surface area contributed by atoms with Crippen molar-refractivity contribution in [3.8, 4) is 56.4 Å². The molecule has 0 N–H and O–H groups in total. The van der Waals surface area contributed by atoms with Gasteiger partial charge in [-0.25, -0.2) is 15.0 Å². The van der Waals surface area contributed by atoms with Crippen molar-refractivity contribution in [2.45, 2.75) is 19.3 Å². The first-order chi connectivity index (χ1) is 22.0. The van der Waals surface area contributed by atoms with Gasteiger partial charge >= 0.3 is 0 Å². The Labute approximate surface area is 265 Å². The van der Waals surface area contributed by atoms with Crippen LogP contribution < -0.4 is 0 Å². The van der Waals surface area contributed by atoms with Gasteiger partial charge < -0.3 is 0 Å². The third kappa shape index (κ3) is 5.93. The van der Waals surface area contributed by atoms with E-state index < -0.39 is 0 Å². The molecule has 0 aliphatic heterocycles. The third-order valence-corrected chi connectivity index (χ3v) is 8.50. The number of nitrogens with zero attached hydrogens (tertiary/aromatic N) is 3. The number of hydrogen-bond acceptors (Lipinski definition) is 3. The summed E-state index contributed by atoms with van der Waals surface area (Å²) in [5.74, 6) is 1.97. The molecule has 1 heterocycles. The minimum absolute atomic E-state index is 0.173. The summed E-state index contributed by atoms with van der Waals surface area (Å²) in [6, 6.07) is 57.0. The lowest BCUT2D eigenvalue weighted by atomic mass is 9.77. The Morgan fingerprint density at radius 1 is 0.289 bits per heavy atom. The fraction of sp³-hybridized carbons (Fsp3) is 0.0714. The fourth-order valence-electron chi connectivity index (χ4n) is 5.71. The number of benzene rings is 6. The Hall–Kier alpha value is -5.67. The first-order valence-corrected chi connectivity index (χ1v) is 15.3. The highest BCUT2D eigenvalue weighted by Crippen LogP contribution is 2.34. The second kappa shape index (κ2) is 12.1. The lowest BCUT2D eigenvalue weighted by molar-refractivity contribution is 0.641. The maximum absolute atomic E-state index is 4.97. The summed E-state index contributed by atoms with van der Waals surface area (Å²) in [7, 11) is 0. The quantitative estimate of drug-likeness (QED) is 0.189. The Bertz CT molecular complexity index is 2020. The van der Waals surface area contributed by atoms with E-state index in [0.717, 1.165) is 22.3 Å². The van der Waals surface area contributed by atoms with Crippen LogP contribution in [0.5, 0.6) is 0 Å². The second-order valence-corrected chi connectivity index (χ2v) is 11.8. The van der Waals surface area contributed by atoms with Gasteiger partial charge in [0.2, 0.25) is 0 Å². The first kappa shape index (κ1) is 28.1. The first-order valence-electron chi connectivity index (χ1n) is 15.3. The molecule has 0 amide bonds. The lowest BCUT2D eigenvalue weighted by Crippen LogP contribution is -2.18. The molecule has 0 saturated carbocycles. The van der Waals surface area contributed by atoms with Crippen molar-refractivity contribution in [2.75, 3.05) is 0 Å². The zero-order valence-corrected chi connectivity index (χ0v) is 25.4. The topological polar surface area (TPSA) is 38.7 Å². The summed E-state index contributed by atoms with van der Waals surface area (Å²) >= 11 is 0. The predicted molar refractivity (Wildman–Crippen MR) is 186 cm³/mol. The van der Waals surface area contributed by atoms with Crippen molar-refractivity contribution in [2.24, 2.45) is 0 Å². The van der Waals surface area contributed by atoms with Crippen LogP contribution >= 0.6 is 0 Å². The smallest absolute Gasteiger partial charge is 0.164 e. The molecule has 0 saturated heterocycles. The van der Waals surface area contributed by atoms with Crippen LogP contribution in [0.15, 0.2) is 164 Å². The van der Waals surface area contributed by atoms with Crippen LogP contribution in [0.2, 0.25) is 0 Å². The molecular formula is C42H33N3. The average molecular weight is 580 g/mol. The van der Waals surface area contributed by atoms with Crippen LogP contribution in [0, 0.1) is 0 Å². The van der Waals surface area contributed by atoms with Gasteiger partial charge in [-0.15, -0.1) is 0 Å². The molecule has 0 fully saturated rings. The van der Waals surface area contributed by atoms with E-state index in [9.17, 15) is 0 Å². The molecule has 7 rings (SSSR count). The highest BCUT2D eigenvalue weighted by Gasteiger charge is 2.23. The van der Waals surface area contributed by atoms with Gasteiger partial charge in [-0.3, -0.25) is 0 Å². The standard InChI is InChI=1S/C42H33N3/c1-42(2,37-26-22-33(23-27-37)31-14-8-4-9-15-31)38-28-24-36(25-29-38)41-44-39(34-16-10-5-11-17-34)43-40(45-41)35-20-18-32(19-21-35)30-12-6-3-7-13-30/h3-29H,1-2H3. The largest absolute Gasteiger partial charge is 0.208 e. The Balaban J connectivity index is 1.21. The zero-order valence-electron chi connectivity index (χ0n) is 25.4. The minimum Gasteiger partial charge on any atom is -0.208 e. The van der Waals surface area contributed by atoms with Crippen molar-refractivity contribution in [3.63, 3.8) is 0 Å². The van der Waals surface area contributed by atoms with Crippen LogP contribution in [0.3, 0.4) is 0 Å².